The van der Waals surface area contributed by atoms with Gasteiger partial charge < -0.3 is 0 Å². The highest BCUT2D eigenvalue weighted by Crippen LogP contribution is 2.57. The van der Waals surface area contributed by atoms with Crippen LogP contribution in [0.15, 0.2) is 77.7 Å². The Morgan fingerprint density at radius 2 is 1.68 bits per heavy atom. The third-order valence-electron chi connectivity index (χ3n) is 4.81. The van der Waals surface area contributed by atoms with Crippen molar-refractivity contribution >= 4 is 17.5 Å². The number of rotatable bonds is 4. The minimum absolute atomic E-state index is 0.222. The van der Waals surface area contributed by atoms with E-state index in [0.717, 1.165) is 12.8 Å². The molecule has 0 bridgehead atoms. The second-order valence-corrected chi connectivity index (χ2v) is 7.53. The van der Waals surface area contributed by atoms with E-state index in [-0.39, 0.29) is 10.7 Å². The molecule has 2 aromatic rings. The van der Waals surface area contributed by atoms with E-state index in [4.69, 9.17) is 0 Å². The molecule has 2 aromatic carbocycles. The van der Waals surface area contributed by atoms with Gasteiger partial charge in [-0.25, -0.2) is 0 Å². The lowest BCUT2D eigenvalue weighted by Crippen LogP contribution is -2.60. The molecule has 2 heteroatoms. The lowest BCUT2D eigenvalue weighted by molar-refractivity contribution is -0.136. The summed E-state index contributed by atoms with van der Waals surface area (Å²) in [4.78, 5) is 14.1. The first kappa shape index (κ1) is 13.8. The molecule has 1 saturated carbocycles. The Morgan fingerprint density at radius 1 is 1.00 bits per heavy atom. The maximum Gasteiger partial charge on any atom is 0.154 e. The fraction of sp³-hybridized carbons (Fsp3) is 0.250. The molecule has 0 amide bonds. The third-order valence-corrected chi connectivity index (χ3v) is 6.30. The average molecular weight is 306 g/mol. The van der Waals surface area contributed by atoms with E-state index in [2.05, 4.69) is 48.6 Å². The van der Waals surface area contributed by atoms with Crippen molar-refractivity contribution in [3.8, 4) is 0 Å². The highest BCUT2D eigenvalue weighted by molar-refractivity contribution is 8.01. The fourth-order valence-corrected chi connectivity index (χ4v) is 5.33. The van der Waals surface area contributed by atoms with Crippen LogP contribution in [0.1, 0.15) is 12.0 Å². The van der Waals surface area contributed by atoms with Gasteiger partial charge in [0.15, 0.2) is 5.78 Å². The summed E-state index contributed by atoms with van der Waals surface area (Å²) in [5.74, 6) is 1.03. The quantitative estimate of drug-likeness (QED) is 0.772. The monoisotopic (exact) mass is 306 g/mol. The summed E-state index contributed by atoms with van der Waals surface area (Å²) in [6.45, 7) is 0. The predicted octanol–water partition coefficient (Wildman–Crippen LogP) is 4.54. The lowest BCUT2D eigenvalue weighted by atomic mass is 9.62. The summed E-state index contributed by atoms with van der Waals surface area (Å²) in [5, 5.41) is 0. The number of ketones is 1. The summed E-state index contributed by atoms with van der Waals surface area (Å²) in [6.07, 6.45) is 6.20. The van der Waals surface area contributed by atoms with Gasteiger partial charge in [-0.15, -0.1) is 11.8 Å². The van der Waals surface area contributed by atoms with Crippen LogP contribution < -0.4 is 0 Å². The van der Waals surface area contributed by atoms with E-state index < -0.39 is 0 Å². The average Bonchev–Trinajstić information content (AvgIpc) is 3.03. The van der Waals surface area contributed by atoms with Crippen molar-refractivity contribution in [1.29, 1.82) is 0 Å². The second-order valence-electron chi connectivity index (χ2n) is 6.13. The number of benzene rings is 2. The maximum atomic E-state index is 12.9. The zero-order chi connectivity index (χ0) is 15.0. The Hall–Kier alpha value is -1.80. The maximum absolute atomic E-state index is 12.9. The first-order valence-corrected chi connectivity index (χ1v) is 8.60. The van der Waals surface area contributed by atoms with Gasteiger partial charge in [-0.05, 0) is 30.5 Å². The number of thioether (sulfide) groups is 1. The summed E-state index contributed by atoms with van der Waals surface area (Å²) in [6, 6.07) is 20.7. The number of carbonyl (C=O) groups excluding carboxylic acids is 1. The van der Waals surface area contributed by atoms with Crippen LogP contribution in [0.2, 0.25) is 0 Å². The van der Waals surface area contributed by atoms with Crippen molar-refractivity contribution < 1.29 is 4.79 Å². The van der Waals surface area contributed by atoms with E-state index in [1.54, 1.807) is 11.8 Å². The molecule has 4 rings (SSSR count). The molecule has 0 aromatic heterocycles. The topological polar surface area (TPSA) is 17.1 Å². The summed E-state index contributed by atoms with van der Waals surface area (Å²) < 4.78 is -0.319. The van der Waals surface area contributed by atoms with Gasteiger partial charge in [-0.3, -0.25) is 4.79 Å². The van der Waals surface area contributed by atoms with Crippen molar-refractivity contribution in [1.82, 2.24) is 0 Å². The van der Waals surface area contributed by atoms with Gasteiger partial charge in [0.1, 0.15) is 0 Å². The van der Waals surface area contributed by atoms with Crippen molar-refractivity contribution in [3.05, 3.63) is 78.4 Å². The van der Waals surface area contributed by atoms with E-state index >= 15 is 0 Å². The molecule has 0 N–H and O–H groups in total. The van der Waals surface area contributed by atoms with Crippen molar-refractivity contribution in [2.24, 2.45) is 11.8 Å². The molecule has 0 radical (unpaired) electrons. The Morgan fingerprint density at radius 3 is 2.41 bits per heavy atom. The predicted molar refractivity (Wildman–Crippen MR) is 90.9 cm³/mol. The summed E-state index contributed by atoms with van der Waals surface area (Å²) in [7, 11) is 0. The largest absolute Gasteiger partial charge is 0.298 e. The molecule has 0 aliphatic heterocycles. The molecular formula is C20H18OS. The van der Waals surface area contributed by atoms with Crippen LogP contribution >= 0.6 is 11.8 Å². The third kappa shape index (κ3) is 2.14. The highest BCUT2D eigenvalue weighted by Gasteiger charge is 2.61. The minimum atomic E-state index is -0.319. The Bertz CT molecular complexity index is 664. The first-order valence-electron chi connectivity index (χ1n) is 7.78. The van der Waals surface area contributed by atoms with Gasteiger partial charge in [0.25, 0.3) is 0 Å². The molecule has 0 saturated heterocycles. The highest BCUT2D eigenvalue weighted by atomic mass is 32.2. The van der Waals surface area contributed by atoms with Crippen molar-refractivity contribution in [2.45, 2.75) is 22.5 Å². The van der Waals surface area contributed by atoms with Crippen LogP contribution in [0.25, 0.3) is 0 Å². The summed E-state index contributed by atoms with van der Waals surface area (Å²) >= 11 is 1.76. The first-order chi connectivity index (χ1) is 10.8. The van der Waals surface area contributed by atoms with E-state index in [9.17, 15) is 4.79 Å². The summed E-state index contributed by atoms with van der Waals surface area (Å²) in [5.41, 5.74) is 1.25. The number of allylic oxidation sites excluding steroid dienone is 2. The zero-order valence-electron chi connectivity index (χ0n) is 12.3. The number of carbonyl (C=O) groups is 1. The van der Waals surface area contributed by atoms with Gasteiger partial charge in [0.2, 0.25) is 0 Å². The molecule has 1 nitrogen and oxygen atoms in total. The second kappa shape index (κ2) is 5.44. The molecule has 0 heterocycles. The van der Waals surface area contributed by atoms with Gasteiger partial charge in [0, 0.05) is 16.7 Å². The molecular weight excluding hydrogens is 288 g/mol. The lowest BCUT2D eigenvalue weighted by Gasteiger charge is -2.50. The van der Waals surface area contributed by atoms with Gasteiger partial charge >= 0.3 is 0 Å². The van der Waals surface area contributed by atoms with Crippen LogP contribution in [0.5, 0.6) is 0 Å². The van der Waals surface area contributed by atoms with Gasteiger partial charge in [0.05, 0.1) is 4.75 Å². The molecule has 22 heavy (non-hydrogen) atoms. The van der Waals surface area contributed by atoms with Gasteiger partial charge in [-0.1, -0.05) is 60.7 Å². The molecule has 3 atom stereocenters. The van der Waals surface area contributed by atoms with Crippen LogP contribution in [0.3, 0.4) is 0 Å². The van der Waals surface area contributed by atoms with Crippen LogP contribution in [0.4, 0.5) is 0 Å². The number of hydrogen-bond donors (Lipinski definition) is 0. The normalized spacial score (nSPS) is 29.2. The molecule has 2 aliphatic carbocycles. The fourth-order valence-electron chi connectivity index (χ4n) is 3.74. The molecule has 0 unspecified atom stereocenters. The SMILES string of the molecule is O=C1[C@H]2CC=C[C@H]2[C@@]1(Cc1ccccc1)Sc1ccccc1. The van der Waals surface area contributed by atoms with Crippen molar-refractivity contribution in [3.63, 3.8) is 0 Å². The van der Waals surface area contributed by atoms with Crippen LogP contribution in [-0.4, -0.2) is 10.5 Å². The van der Waals surface area contributed by atoms with Crippen LogP contribution in [-0.2, 0) is 11.2 Å². The van der Waals surface area contributed by atoms with E-state index in [1.807, 2.05) is 24.3 Å². The number of hydrogen-bond acceptors (Lipinski definition) is 2. The van der Waals surface area contributed by atoms with Crippen molar-refractivity contribution in [2.75, 3.05) is 0 Å². The minimum Gasteiger partial charge on any atom is -0.298 e. The zero-order valence-corrected chi connectivity index (χ0v) is 13.1. The Labute approximate surface area is 135 Å². The number of Topliss-reactive ketones (excluding diaryl/α,β-unsaturated/α-hetero) is 1. The van der Waals surface area contributed by atoms with E-state index in [1.165, 1.54) is 10.5 Å². The van der Waals surface area contributed by atoms with Crippen LogP contribution in [0, 0.1) is 11.8 Å². The standard InChI is InChI=1S/C20H18OS/c21-19-17-12-7-13-18(17)20(19,14-15-8-3-1-4-9-15)22-16-10-5-2-6-11-16/h1-11,13,17-18H,12,14H2/t17-,18+,20+/m0/s1. The Balaban J connectivity index is 1.69. The smallest absolute Gasteiger partial charge is 0.154 e. The van der Waals surface area contributed by atoms with Gasteiger partial charge in [-0.2, -0.15) is 0 Å². The van der Waals surface area contributed by atoms with E-state index in [0.29, 0.717) is 11.7 Å². The molecule has 110 valence electrons. The number of fused-ring (bicyclic) bond motifs is 1. The molecule has 0 spiro atoms. The molecule has 1 fully saturated rings. The Kier molecular flexibility index (Phi) is 3.42. The molecule has 2 aliphatic rings.